The van der Waals surface area contributed by atoms with E-state index >= 15 is 0 Å². The Balaban J connectivity index is 2.30. The van der Waals surface area contributed by atoms with Crippen LogP contribution < -0.4 is 15.2 Å². The van der Waals surface area contributed by atoms with Crippen LogP contribution in [0.2, 0.25) is 0 Å². The molecule has 18 heavy (non-hydrogen) atoms. The van der Waals surface area contributed by atoms with Gasteiger partial charge in [0.1, 0.15) is 5.75 Å². The van der Waals surface area contributed by atoms with Gasteiger partial charge in [0.15, 0.2) is 0 Å². The number of anilines is 1. The number of rotatable bonds is 3. The van der Waals surface area contributed by atoms with E-state index in [4.69, 9.17) is 15.2 Å². The fourth-order valence-electron chi connectivity index (χ4n) is 1.55. The van der Waals surface area contributed by atoms with E-state index in [1.165, 1.54) is 0 Å². The van der Waals surface area contributed by atoms with Crippen LogP contribution in [-0.2, 0) is 0 Å². The van der Waals surface area contributed by atoms with Gasteiger partial charge in [-0.05, 0) is 37.6 Å². The highest BCUT2D eigenvalue weighted by Gasteiger charge is 2.07. The summed E-state index contributed by atoms with van der Waals surface area (Å²) in [6.45, 7) is 3.77. The Morgan fingerprint density at radius 1 is 1.11 bits per heavy atom. The molecule has 2 aromatic rings. The van der Waals surface area contributed by atoms with Crippen LogP contribution in [-0.4, -0.2) is 17.1 Å². The van der Waals surface area contributed by atoms with E-state index in [9.17, 15) is 0 Å². The summed E-state index contributed by atoms with van der Waals surface area (Å²) in [7, 11) is 1.56. The number of aromatic nitrogens is 2. The molecule has 2 N–H and O–H groups in total. The summed E-state index contributed by atoms with van der Waals surface area (Å²) in [6.07, 6.45) is 0. The van der Waals surface area contributed by atoms with Gasteiger partial charge in [-0.25, -0.2) is 0 Å². The van der Waals surface area contributed by atoms with Crippen molar-refractivity contribution < 1.29 is 9.47 Å². The van der Waals surface area contributed by atoms with Crippen LogP contribution in [0.25, 0.3) is 0 Å². The molecule has 0 saturated heterocycles. The molecule has 5 nitrogen and oxygen atoms in total. The second kappa shape index (κ2) is 4.91. The number of hydrogen-bond donors (Lipinski definition) is 1. The Labute approximate surface area is 106 Å². The monoisotopic (exact) mass is 245 g/mol. The minimum Gasteiger partial charge on any atom is -0.481 e. The first kappa shape index (κ1) is 12.2. The average Bonchev–Trinajstić information content (AvgIpc) is 2.32. The third-order valence-electron chi connectivity index (χ3n) is 2.42. The summed E-state index contributed by atoms with van der Waals surface area (Å²) in [6, 6.07) is 7.41. The molecule has 2 rings (SSSR count). The van der Waals surface area contributed by atoms with Crippen molar-refractivity contribution in [2.45, 2.75) is 13.8 Å². The molecule has 0 saturated carbocycles. The van der Waals surface area contributed by atoms with Crippen molar-refractivity contribution in [3.63, 3.8) is 0 Å². The maximum atomic E-state index is 5.68. The van der Waals surface area contributed by atoms with E-state index < -0.39 is 0 Å². The first-order chi connectivity index (χ1) is 8.58. The average molecular weight is 245 g/mol. The van der Waals surface area contributed by atoms with Gasteiger partial charge in [-0.3, -0.25) is 0 Å². The minimum atomic E-state index is 0.264. The molecule has 0 aliphatic heterocycles. The summed E-state index contributed by atoms with van der Waals surface area (Å²) < 4.78 is 10.7. The number of nitrogen functional groups attached to an aromatic ring is 1. The maximum absolute atomic E-state index is 5.68. The van der Waals surface area contributed by atoms with Crippen LogP contribution >= 0.6 is 0 Å². The van der Waals surface area contributed by atoms with Crippen LogP contribution in [0.15, 0.2) is 24.3 Å². The molecule has 94 valence electrons. The lowest BCUT2D eigenvalue weighted by molar-refractivity contribution is 0.374. The molecule has 0 atom stereocenters. The minimum absolute atomic E-state index is 0.264. The number of nitrogens with zero attached hydrogens (tertiary/aromatic N) is 2. The molecule has 0 bridgehead atoms. The molecule has 1 aromatic carbocycles. The SMILES string of the molecule is COc1cc(C)nc(Oc2ccc(N)cc2C)n1. The third-order valence-corrected chi connectivity index (χ3v) is 2.42. The third kappa shape index (κ3) is 2.68. The normalized spacial score (nSPS) is 10.2. The molecule has 0 aliphatic rings. The van der Waals surface area contributed by atoms with Crippen LogP contribution in [0, 0.1) is 13.8 Å². The summed E-state index contributed by atoms with van der Waals surface area (Å²) in [5.74, 6) is 1.16. The summed E-state index contributed by atoms with van der Waals surface area (Å²) in [5.41, 5.74) is 8.09. The Morgan fingerprint density at radius 3 is 2.56 bits per heavy atom. The highest BCUT2D eigenvalue weighted by Crippen LogP contribution is 2.25. The quantitative estimate of drug-likeness (QED) is 0.841. The van der Waals surface area contributed by atoms with Crippen molar-refractivity contribution in [2.24, 2.45) is 0 Å². The topological polar surface area (TPSA) is 70.3 Å². The Bertz CT molecular complexity index is 570. The van der Waals surface area contributed by atoms with Crippen LogP contribution in [0.3, 0.4) is 0 Å². The van der Waals surface area contributed by atoms with E-state index in [0.29, 0.717) is 17.3 Å². The van der Waals surface area contributed by atoms with Crippen molar-refractivity contribution in [3.8, 4) is 17.6 Å². The van der Waals surface area contributed by atoms with Gasteiger partial charge in [0.25, 0.3) is 0 Å². The fourth-order valence-corrected chi connectivity index (χ4v) is 1.55. The number of hydrogen-bond acceptors (Lipinski definition) is 5. The number of aryl methyl sites for hydroxylation is 2. The summed E-state index contributed by atoms with van der Waals surface area (Å²) in [5, 5.41) is 0. The maximum Gasteiger partial charge on any atom is 0.325 e. The molecule has 5 heteroatoms. The number of methoxy groups -OCH3 is 1. The van der Waals surface area contributed by atoms with Crippen molar-refractivity contribution in [1.29, 1.82) is 0 Å². The predicted octanol–water partition coefficient (Wildman–Crippen LogP) is 2.48. The van der Waals surface area contributed by atoms with Gasteiger partial charge >= 0.3 is 6.01 Å². The lowest BCUT2D eigenvalue weighted by atomic mass is 10.2. The number of benzene rings is 1. The molecule has 0 spiro atoms. The number of nitrogens with two attached hydrogens (primary N) is 1. The van der Waals surface area contributed by atoms with Gasteiger partial charge in [-0.1, -0.05) is 0 Å². The molecule has 1 aromatic heterocycles. The zero-order valence-electron chi connectivity index (χ0n) is 10.6. The predicted molar refractivity (Wildman–Crippen MR) is 69.0 cm³/mol. The molecule has 0 aliphatic carbocycles. The molecule has 0 unspecified atom stereocenters. The standard InChI is InChI=1S/C13H15N3O2/c1-8-6-10(14)4-5-11(8)18-13-15-9(2)7-12(16-13)17-3/h4-7H,14H2,1-3H3. The first-order valence-corrected chi connectivity index (χ1v) is 5.52. The van der Waals surface area contributed by atoms with Gasteiger partial charge in [0.2, 0.25) is 5.88 Å². The van der Waals surface area contributed by atoms with E-state index in [-0.39, 0.29) is 6.01 Å². The van der Waals surface area contributed by atoms with E-state index in [1.54, 1.807) is 25.3 Å². The Morgan fingerprint density at radius 2 is 1.89 bits per heavy atom. The van der Waals surface area contributed by atoms with Crippen LogP contribution in [0.4, 0.5) is 5.69 Å². The summed E-state index contributed by atoms with van der Waals surface area (Å²) >= 11 is 0. The van der Waals surface area contributed by atoms with Gasteiger partial charge in [-0.2, -0.15) is 9.97 Å². The van der Waals surface area contributed by atoms with Gasteiger partial charge in [0, 0.05) is 17.4 Å². The van der Waals surface area contributed by atoms with Crippen molar-refractivity contribution >= 4 is 5.69 Å². The molecule has 0 amide bonds. The fraction of sp³-hybridized carbons (Fsp3) is 0.231. The second-order valence-corrected chi connectivity index (χ2v) is 3.96. The molecule has 0 fully saturated rings. The lowest BCUT2D eigenvalue weighted by Crippen LogP contribution is -1.98. The molecule has 1 heterocycles. The van der Waals surface area contributed by atoms with Crippen LogP contribution in [0.1, 0.15) is 11.3 Å². The molecular weight excluding hydrogens is 230 g/mol. The highest BCUT2D eigenvalue weighted by molar-refractivity contribution is 5.47. The Kier molecular flexibility index (Phi) is 3.32. The first-order valence-electron chi connectivity index (χ1n) is 5.52. The molecule has 0 radical (unpaired) electrons. The van der Waals surface area contributed by atoms with Crippen molar-refractivity contribution in [3.05, 3.63) is 35.5 Å². The lowest BCUT2D eigenvalue weighted by Gasteiger charge is -2.09. The van der Waals surface area contributed by atoms with Crippen molar-refractivity contribution in [1.82, 2.24) is 9.97 Å². The number of ether oxygens (including phenoxy) is 2. The van der Waals surface area contributed by atoms with E-state index in [2.05, 4.69) is 9.97 Å². The van der Waals surface area contributed by atoms with Gasteiger partial charge in [0.05, 0.1) is 7.11 Å². The highest BCUT2D eigenvalue weighted by atomic mass is 16.5. The Hall–Kier alpha value is -2.30. The zero-order valence-corrected chi connectivity index (χ0v) is 10.6. The van der Waals surface area contributed by atoms with Crippen molar-refractivity contribution in [2.75, 3.05) is 12.8 Å². The largest absolute Gasteiger partial charge is 0.481 e. The van der Waals surface area contributed by atoms with Gasteiger partial charge < -0.3 is 15.2 Å². The molecular formula is C13H15N3O2. The smallest absolute Gasteiger partial charge is 0.325 e. The summed E-state index contributed by atoms with van der Waals surface area (Å²) in [4.78, 5) is 8.32. The van der Waals surface area contributed by atoms with Crippen LogP contribution in [0.5, 0.6) is 17.6 Å². The van der Waals surface area contributed by atoms with Gasteiger partial charge in [-0.15, -0.1) is 0 Å². The van der Waals surface area contributed by atoms with E-state index in [1.807, 2.05) is 19.9 Å². The second-order valence-electron chi connectivity index (χ2n) is 3.96. The zero-order chi connectivity index (χ0) is 13.1. The van der Waals surface area contributed by atoms with E-state index in [0.717, 1.165) is 11.3 Å².